The molecule has 2 aromatic rings. The first-order valence-corrected chi connectivity index (χ1v) is 11.6. The molecular formula is C28H31N3O5. The van der Waals surface area contributed by atoms with Crippen LogP contribution in [0, 0.1) is 16.7 Å². The van der Waals surface area contributed by atoms with E-state index in [0.717, 1.165) is 11.4 Å². The zero-order valence-corrected chi connectivity index (χ0v) is 21.5. The average molecular weight is 490 g/mol. The van der Waals surface area contributed by atoms with Crippen molar-refractivity contribution < 1.29 is 23.7 Å². The molecule has 1 heterocycles. The molecule has 36 heavy (non-hydrogen) atoms. The molecule has 0 bridgehead atoms. The van der Waals surface area contributed by atoms with Gasteiger partial charge in [0.1, 0.15) is 11.6 Å². The Balaban J connectivity index is 2.00. The van der Waals surface area contributed by atoms with E-state index >= 15 is 0 Å². The van der Waals surface area contributed by atoms with Crippen molar-refractivity contribution >= 4 is 11.5 Å². The number of hydrogen-bond donors (Lipinski definition) is 1. The minimum Gasteiger partial charge on any atom is -0.497 e. The zero-order chi connectivity index (χ0) is 26.2. The summed E-state index contributed by atoms with van der Waals surface area (Å²) < 4.78 is 21.9. The Hall–Kier alpha value is -4.12. The summed E-state index contributed by atoms with van der Waals surface area (Å²) in [6.07, 6.45) is 0.974. The SMILES string of the molecule is COc1ccc(N2C(N)=C(C#N)C(c3cc(OC)c(OC)c(OC)c3)C3=C2CC(C)(C)CC3=O)cc1. The van der Waals surface area contributed by atoms with E-state index in [4.69, 9.17) is 24.7 Å². The molecule has 2 aromatic carbocycles. The van der Waals surface area contributed by atoms with Gasteiger partial charge in [0.15, 0.2) is 17.3 Å². The van der Waals surface area contributed by atoms with E-state index in [0.29, 0.717) is 47.0 Å². The first-order valence-electron chi connectivity index (χ1n) is 11.6. The van der Waals surface area contributed by atoms with Crippen LogP contribution in [0.5, 0.6) is 23.0 Å². The fourth-order valence-corrected chi connectivity index (χ4v) is 5.14. The Labute approximate surface area is 211 Å². The van der Waals surface area contributed by atoms with Gasteiger partial charge in [0.25, 0.3) is 0 Å². The highest BCUT2D eigenvalue weighted by molar-refractivity contribution is 6.01. The number of nitrogens with zero attached hydrogens (tertiary/aromatic N) is 2. The first kappa shape index (κ1) is 25.0. The summed E-state index contributed by atoms with van der Waals surface area (Å²) >= 11 is 0. The normalized spacial score (nSPS) is 19.0. The molecule has 0 fully saturated rings. The van der Waals surface area contributed by atoms with Crippen molar-refractivity contribution in [2.75, 3.05) is 33.3 Å². The fourth-order valence-electron chi connectivity index (χ4n) is 5.14. The zero-order valence-electron chi connectivity index (χ0n) is 21.5. The lowest BCUT2D eigenvalue weighted by molar-refractivity contribution is -0.118. The molecule has 1 aliphatic carbocycles. The molecule has 0 radical (unpaired) electrons. The summed E-state index contributed by atoms with van der Waals surface area (Å²) in [4.78, 5) is 15.6. The monoisotopic (exact) mass is 489 g/mol. The van der Waals surface area contributed by atoms with Gasteiger partial charge < -0.3 is 24.7 Å². The summed E-state index contributed by atoms with van der Waals surface area (Å²) in [5, 5.41) is 10.3. The number of carbonyl (C=O) groups excluding carboxylic acids is 1. The van der Waals surface area contributed by atoms with E-state index in [-0.39, 0.29) is 22.6 Å². The largest absolute Gasteiger partial charge is 0.497 e. The second-order valence-electron chi connectivity index (χ2n) is 9.64. The van der Waals surface area contributed by atoms with Gasteiger partial charge in [-0.3, -0.25) is 9.69 Å². The number of carbonyl (C=O) groups is 1. The second kappa shape index (κ2) is 9.50. The molecule has 8 nitrogen and oxygen atoms in total. The number of nitriles is 1. The van der Waals surface area contributed by atoms with E-state index in [2.05, 4.69) is 19.9 Å². The van der Waals surface area contributed by atoms with Gasteiger partial charge in [-0.15, -0.1) is 0 Å². The summed E-state index contributed by atoms with van der Waals surface area (Å²) in [5.41, 5.74) is 9.50. The third-order valence-electron chi connectivity index (χ3n) is 6.73. The fraction of sp³-hybridized carbons (Fsp3) is 0.357. The van der Waals surface area contributed by atoms with Gasteiger partial charge in [0.2, 0.25) is 5.75 Å². The number of nitrogens with two attached hydrogens (primary N) is 1. The van der Waals surface area contributed by atoms with E-state index in [1.54, 1.807) is 19.2 Å². The first-order chi connectivity index (χ1) is 17.2. The van der Waals surface area contributed by atoms with Crippen molar-refractivity contribution in [1.29, 1.82) is 5.26 Å². The van der Waals surface area contributed by atoms with Crippen LogP contribution in [-0.2, 0) is 4.79 Å². The number of ketones is 1. The van der Waals surface area contributed by atoms with Crippen molar-refractivity contribution in [1.82, 2.24) is 0 Å². The summed E-state index contributed by atoms with van der Waals surface area (Å²) in [6.45, 7) is 4.13. The molecular weight excluding hydrogens is 458 g/mol. The van der Waals surface area contributed by atoms with Crippen molar-refractivity contribution in [3.8, 4) is 29.1 Å². The van der Waals surface area contributed by atoms with Crippen molar-refractivity contribution in [2.24, 2.45) is 11.1 Å². The number of Topliss-reactive ketones (excluding diaryl/α,β-unsaturated/α-hetero) is 1. The predicted octanol–water partition coefficient (Wildman–Crippen LogP) is 4.66. The molecule has 1 unspecified atom stereocenters. The molecule has 2 aliphatic rings. The number of anilines is 1. The highest BCUT2D eigenvalue weighted by Crippen LogP contribution is 2.52. The maximum Gasteiger partial charge on any atom is 0.203 e. The van der Waals surface area contributed by atoms with Gasteiger partial charge in [0.05, 0.1) is 46.0 Å². The Morgan fingerprint density at radius 2 is 1.58 bits per heavy atom. The van der Waals surface area contributed by atoms with E-state index in [1.165, 1.54) is 21.3 Å². The summed E-state index contributed by atoms with van der Waals surface area (Å²) in [7, 11) is 6.19. The molecule has 8 heteroatoms. The lowest BCUT2D eigenvalue weighted by atomic mass is 9.68. The summed E-state index contributed by atoms with van der Waals surface area (Å²) in [6, 6.07) is 13.2. The van der Waals surface area contributed by atoms with E-state index in [9.17, 15) is 10.1 Å². The number of allylic oxidation sites excluding steroid dienone is 3. The van der Waals surface area contributed by atoms with Crippen molar-refractivity contribution in [2.45, 2.75) is 32.6 Å². The van der Waals surface area contributed by atoms with Gasteiger partial charge in [-0.1, -0.05) is 13.8 Å². The maximum absolute atomic E-state index is 13.7. The van der Waals surface area contributed by atoms with Crippen LogP contribution in [0.1, 0.15) is 38.2 Å². The topological polar surface area (TPSA) is 107 Å². The molecule has 1 atom stereocenters. The maximum atomic E-state index is 13.7. The van der Waals surface area contributed by atoms with Gasteiger partial charge >= 0.3 is 0 Å². The molecule has 0 spiro atoms. The minimum atomic E-state index is -0.670. The van der Waals surface area contributed by atoms with E-state index in [1.807, 2.05) is 29.2 Å². The lowest BCUT2D eigenvalue weighted by Crippen LogP contribution is -2.42. The van der Waals surface area contributed by atoms with Crippen molar-refractivity contribution in [3.05, 3.63) is 64.6 Å². The second-order valence-corrected chi connectivity index (χ2v) is 9.64. The lowest BCUT2D eigenvalue weighted by Gasteiger charge is -2.43. The van der Waals surface area contributed by atoms with Crippen LogP contribution in [0.15, 0.2) is 59.1 Å². The Kier molecular flexibility index (Phi) is 6.59. The molecule has 1 aliphatic heterocycles. The van der Waals surface area contributed by atoms with Crippen LogP contribution in [-0.4, -0.2) is 34.2 Å². The number of rotatable bonds is 6. The molecule has 0 saturated carbocycles. The molecule has 0 aromatic heterocycles. The van der Waals surface area contributed by atoms with Crippen LogP contribution >= 0.6 is 0 Å². The van der Waals surface area contributed by atoms with Crippen LogP contribution in [0.25, 0.3) is 0 Å². The third-order valence-corrected chi connectivity index (χ3v) is 6.73. The number of benzene rings is 2. The highest BCUT2D eigenvalue weighted by atomic mass is 16.5. The number of hydrogen-bond acceptors (Lipinski definition) is 8. The number of methoxy groups -OCH3 is 4. The molecule has 2 N–H and O–H groups in total. The predicted molar refractivity (Wildman–Crippen MR) is 136 cm³/mol. The quantitative estimate of drug-likeness (QED) is 0.624. The molecule has 0 saturated heterocycles. The molecule has 188 valence electrons. The van der Waals surface area contributed by atoms with Gasteiger partial charge in [0, 0.05) is 23.4 Å². The average Bonchev–Trinajstić information content (AvgIpc) is 2.86. The molecule has 4 rings (SSSR count). The highest BCUT2D eigenvalue weighted by Gasteiger charge is 2.45. The summed E-state index contributed by atoms with van der Waals surface area (Å²) in [5.74, 6) is 1.60. The number of ether oxygens (including phenoxy) is 4. The smallest absolute Gasteiger partial charge is 0.203 e. The Morgan fingerprint density at radius 1 is 0.972 bits per heavy atom. The van der Waals surface area contributed by atoms with Crippen LogP contribution in [0.3, 0.4) is 0 Å². The van der Waals surface area contributed by atoms with Crippen LogP contribution in [0.4, 0.5) is 5.69 Å². The third kappa shape index (κ3) is 4.11. The Morgan fingerprint density at radius 3 is 2.08 bits per heavy atom. The molecule has 0 amide bonds. The standard InChI is InChI=1S/C28H31N3O5/c1-28(2)13-20-25(21(32)14-28)24(16-11-22(34-4)26(36-6)23(12-16)35-5)19(15-29)27(30)31(20)17-7-9-18(33-3)10-8-17/h7-12,24H,13-14,30H2,1-6H3. The van der Waals surface area contributed by atoms with Crippen molar-refractivity contribution in [3.63, 3.8) is 0 Å². The van der Waals surface area contributed by atoms with E-state index < -0.39 is 5.92 Å². The minimum absolute atomic E-state index is 0.0150. The van der Waals surface area contributed by atoms with Gasteiger partial charge in [-0.05, 0) is 53.8 Å². The van der Waals surface area contributed by atoms with Crippen LogP contribution in [0.2, 0.25) is 0 Å². The van der Waals surface area contributed by atoms with Gasteiger partial charge in [-0.25, -0.2) is 0 Å². The van der Waals surface area contributed by atoms with Gasteiger partial charge in [-0.2, -0.15) is 5.26 Å². The Bertz CT molecular complexity index is 1280. The van der Waals surface area contributed by atoms with Crippen LogP contribution < -0.4 is 29.6 Å².